The number of hydrogen-bond donors (Lipinski definition) is 0. The van der Waals surface area contributed by atoms with Crippen molar-refractivity contribution in [1.82, 2.24) is 29.9 Å². The number of rotatable bonds is 18. The third-order valence-electron chi connectivity index (χ3n) is 10.5. The number of halogens is 16. The molecule has 608 valence electrons. The second-order valence-electron chi connectivity index (χ2n) is 19.2. The fourth-order valence-electron chi connectivity index (χ4n) is 6.57. The fraction of sp³-hybridized carbons (Fsp3) is 0.0588. The van der Waals surface area contributed by atoms with Crippen LogP contribution in [0.1, 0.15) is 61.9 Å². The maximum Gasteiger partial charge on any atom is 2.00 e. The minimum atomic E-state index is -6.00. The van der Waals surface area contributed by atoms with Gasteiger partial charge in [-0.3, -0.25) is 30.0 Å². The summed E-state index contributed by atoms with van der Waals surface area (Å²) in [5.41, 5.74) is 21.0. The predicted octanol–water partition coefficient (Wildman–Crippen LogP) is 24.2. The van der Waals surface area contributed by atoms with Gasteiger partial charge in [0.1, 0.15) is 34.5 Å². The Bertz CT molecular complexity index is 4070. The summed E-state index contributed by atoms with van der Waals surface area (Å²) >= 11 is 9.29. The van der Waals surface area contributed by atoms with Crippen molar-refractivity contribution in [3.05, 3.63) is 245 Å². The SMILES string of the molecule is C(=Nc1ccc(Oc2ccc(N=Cc3cscn3)cc2)cc1)c1cscn1.C(=Nc1ccc(Oc2ccc(N=Cc3cscn3)cc2)cc1)c1cscn1.C(=Nc1ccc(Oc2ccc(N=Cc3cscn3)cc2)cc1)c1cscn1.CC#N.CC#N.CC#N.CC#N.F[B-](F)(F)F.F[B-](F)(F)F.F[B-](F)(F)F.F[B-](F)(F)F.O.[Fe+2].[Fe+2]. The number of aromatic nitrogens is 6. The molecule has 0 aliphatic rings. The van der Waals surface area contributed by atoms with Gasteiger partial charge in [-0.15, -0.1) is 68.0 Å². The molecule has 48 heteroatoms. The van der Waals surface area contributed by atoms with Gasteiger partial charge in [0.25, 0.3) is 0 Å². The maximum atomic E-state index is 9.75. The van der Waals surface area contributed by atoms with E-state index in [2.05, 4.69) is 59.9 Å². The first-order valence-corrected chi connectivity index (χ1v) is 36.3. The second kappa shape index (κ2) is 61.1. The molecule has 6 aromatic carbocycles. The Kier molecular flexibility index (Phi) is 56.2. The Labute approximate surface area is 698 Å². The van der Waals surface area contributed by atoms with Crippen LogP contribution in [0.3, 0.4) is 0 Å². The molecule has 0 radical (unpaired) electrons. The van der Waals surface area contributed by atoms with Gasteiger partial charge >= 0.3 is 63.2 Å². The molecule has 6 heterocycles. The molecule has 0 saturated carbocycles. The molecule has 0 amide bonds. The van der Waals surface area contributed by atoms with Crippen LogP contribution in [0.25, 0.3) is 0 Å². The summed E-state index contributed by atoms with van der Waals surface area (Å²) in [6, 6.07) is 52.6. The first-order valence-electron chi connectivity index (χ1n) is 30.6. The van der Waals surface area contributed by atoms with Crippen molar-refractivity contribution in [2.45, 2.75) is 27.7 Å². The second-order valence-corrected chi connectivity index (χ2v) is 23.5. The molecule has 0 aliphatic heterocycles. The van der Waals surface area contributed by atoms with E-state index in [1.165, 1.54) is 27.7 Å². The molecule has 0 unspecified atom stereocenters. The van der Waals surface area contributed by atoms with Crippen molar-refractivity contribution in [2.24, 2.45) is 30.0 Å². The van der Waals surface area contributed by atoms with Crippen molar-refractivity contribution in [1.29, 1.82) is 21.0 Å². The van der Waals surface area contributed by atoms with Crippen molar-refractivity contribution < 1.29 is 123 Å². The Morgan fingerprint density at radius 1 is 0.259 bits per heavy atom. The van der Waals surface area contributed by atoms with Gasteiger partial charge in [-0.05, 0) is 146 Å². The Morgan fingerprint density at radius 3 is 0.448 bits per heavy atom. The van der Waals surface area contributed by atoms with Crippen LogP contribution >= 0.6 is 68.0 Å². The number of thiazole rings is 6. The molecule has 0 aliphatic carbocycles. The normalized spacial score (nSPS) is 10.3. The number of nitrogens with zero attached hydrogens (tertiary/aromatic N) is 16. The molecule has 0 spiro atoms. The van der Waals surface area contributed by atoms with Crippen molar-refractivity contribution in [2.75, 3.05) is 0 Å². The molecule has 116 heavy (non-hydrogen) atoms. The fourth-order valence-corrected chi connectivity index (χ4v) is 9.59. The summed E-state index contributed by atoms with van der Waals surface area (Å²) in [6.07, 6.45) is 10.5. The summed E-state index contributed by atoms with van der Waals surface area (Å²) in [5.74, 6) is 4.51. The molecule has 12 rings (SSSR count). The van der Waals surface area contributed by atoms with Crippen LogP contribution < -0.4 is 14.2 Å². The average Bonchev–Trinajstić information content (AvgIpc) is 1.09. The van der Waals surface area contributed by atoms with Crippen molar-refractivity contribution in [3.8, 4) is 58.8 Å². The zero-order valence-electron chi connectivity index (χ0n) is 59.6. The smallest absolute Gasteiger partial charge is 0.457 e. The number of aliphatic imine (C=N–C) groups is 6. The molecule has 0 saturated heterocycles. The van der Waals surface area contributed by atoms with Gasteiger partial charge in [-0.25, -0.2) is 29.9 Å². The number of nitriles is 4. The van der Waals surface area contributed by atoms with Crippen LogP contribution in [0.4, 0.5) is 103 Å². The topological polar surface area (TPSA) is 306 Å². The van der Waals surface area contributed by atoms with E-state index in [4.69, 9.17) is 35.3 Å². The Hall–Kier alpha value is -11.4. The van der Waals surface area contributed by atoms with E-state index < -0.39 is 29.0 Å². The summed E-state index contributed by atoms with van der Waals surface area (Å²) in [7, 11) is -24.0. The van der Waals surface area contributed by atoms with E-state index in [9.17, 15) is 69.1 Å². The predicted molar refractivity (Wildman–Crippen MR) is 425 cm³/mol. The van der Waals surface area contributed by atoms with E-state index in [0.29, 0.717) is 0 Å². The maximum absolute atomic E-state index is 9.75. The summed E-state index contributed by atoms with van der Waals surface area (Å²) in [6.45, 7) is 5.72. The quantitative estimate of drug-likeness (QED) is 0.0439. The molecule has 0 fully saturated rings. The van der Waals surface area contributed by atoms with Crippen molar-refractivity contribution >= 4 is 168 Å². The van der Waals surface area contributed by atoms with Crippen molar-refractivity contribution in [3.63, 3.8) is 0 Å². The standard InChI is InChI=1S/3C20H14N4OS2.4C2H3N.4BF4.2Fe.H2O/c3*1-5-19(6-2-15(1)21-9-17-11-26-13-23-17)25-20-7-3-16(4-8-20)22-10-18-12-27-14-24-18;4*1-2-3;4*2-1(3,4)5;;;/h3*1-14H;4*1H3;;;;;;;1H2/q;;;;;;;4*-1;2*+2;. The minimum absolute atomic E-state index is 0. The van der Waals surface area contributed by atoms with Gasteiger partial charge in [-0.2, -0.15) is 21.0 Å². The van der Waals surface area contributed by atoms with Crippen LogP contribution in [0.5, 0.6) is 34.5 Å². The molecular formula is C68H56B4F16Fe2N16O4S6. The molecule has 6 aromatic heterocycles. The monoisotopic (exact) mass is 1810 g/mol. The molecule has 20 nitrogen and oxygen atoms in total. The van der Waals surface area contributed by atoms with Crippen LogP contribution in [0, 0.1) is 45.3 Å². The number of hydrogen-bond acceptors (Lipinski definition) is 25. The van der Waals surface area contributed by atoms with E-state index in [0.717, 1.165) is 103 Å². The van der Waals surface area contributed by atoms with E-state index in [-0.39, 0.29) is 39.6 Å². The van der Waals surface area contributed by atoms with Gasteiger partial charge in [0.2, 0.25) is 0 Å². The van der Waals surface area contributed by atoms with Gasteiger partial charge in [0, 0.05) is 60.0 Å². The minimum Gasteiger partial charge on any atom is -0.457 e. The molecule has 12 aromatic rings. The third-order valence-corrected chi connectivity index (χ3v) is 14.1. The first kappa shape index (κ1) is 107. The van der Waals surface area contributed by atoms with E-state index in [1.807, 2.05) is 178 Å². The van der Waals surface area contributed by atoms with Crippen LogP contribution in [-0.2, 0) is 34.1 Å². The largest absolute Gasteiger partial charge is 2.00 e. The zero-order chi connectivity index (χ0) is 83.8. The number of benzene rings is 6. The van der Waals surface area contributed by atoms with E-state index in [1.54, 1.807) is 163 Å². The Morgan fingerprint density at radius 2 is 0.362 bits per heavy atom. The Balaban J connectivity index is 0. The molecule has 2 N–H and O–H groups in total. The van der Waals surface area contributed by atoms with Gasteiger partial charge in [0.15, 0.2) is 0 Å². The summed E-state index contributed by atoms with van der Waals surface area (Å²) in [4.78, 5) is 51.4. The number of ether oxygens (including phenoxy) is 3. The molecule has 0 atom stereocenters. The third kappa shape index (κ3) is 60.3. The van der Waals surface area contributed by atoms with Gasteiger partial charge in [0.05, 0.1) is 163 Å². The van der Waals surface area contributed by atoms with Crippen LogP contribution in [0.2, 0.25) is 0 Å². The van der Waals surface area contributed by atoms with Crippen LogP contribution in [-0.4, -0.2) is 102 Å². The molecule has 0 bridgehead atoms. The van der Waals surface area contributed by atoms with Gasteiger partial charge in [-0.1, -0.05) is 0 Å². The van der Waals surface area contributed by atoms with Crippen LogP contribution in [0.15, 0.2) is 241 Å². The average molecular weight is 1810 g/mol. The zero-order valence-corrected chi connectivity index (χ0v) is 66.7. The first-order chi connectivity index (χ1) is 53.7. The van der Waals surface area contributed by atoms with Gasteiger partial charge < -0.3 is 88.7 Å². The molecular weight excluding hydrogens is 1760 g/mol. The summed E-state index contributed by atoms with van der Waals surface area (Å²) < 4.78 is 174. The summed E-state index contributed by atoms with van der Waals surface area (Å²) in [5, 5.41) is 41.0. The van der Waals surface area contributed by atoms with E-state index >= 15 is 0 Å².